The highest BCUT2D eigenvalue weighted by Gasteiger charge is 2.26. The zero-order valence-corrected chi connectivity index (χ0v) is 15.1. The summed E-state index contributed by atoms with van der Waals surface area (Å²) in [6, 6.07) is 5.94. The molecule has 1 amide bonds. The second-order valence-electron chi connectivity index (χ2n) is 7.21. The van der Waals surface area contributed by atoms with Gasteiger partial charge < -0.3 is 15.2 Å². The minimum Gasteiger partial charge on any atom is -0.356 e. The number of rotatable bonds is 7. The Morgan fingerprint density at radius 1 is 1.31 bits per heavy atom. The monoisotopic (exact) mass is 360 g/mol. The molecule has 0 radical (unpaired) electrons. The Kier molecular flexibility index (Phi) is 5.98. The maximum Gasteiger partial charge on any atom is 0.226 e. The molecule has 7 heteroatoms. The van der Waals surface area contributed by atoms with Crippen molar-refractivity contribution in [1.29, 1.82) is 0 Å². The van der Waals surface area contributed by atoms with Gasteiger partial charge in [0.25, 0.3) is 0 Å². The van der Waals surface area contributed by atoms with E-state index < -0.39 is 0 Å². The number of nitrogens with zero attached hydrogens (tertiary/aromatic N) is 2. The molecule has 1 aromatic carbocycles. The van der Waals surface area contributed by atoms with Crippen molar-refractivity contribution in [2.45, 2.75) is 39.0 Å². The summed E-state index contributed by atoms with van der Waals surface area (Å²) in [5.74, 6) is 0.676. The summed E-state index contributed by atoms with van der Waals surface area (Å²) in [5, 5.41) is 10.3. The Labute approximate surface area is 152 Å². The lowest BCUT2D eigenvalue weighted by Gasteiger charge is -2.34. The molecule has 0 bridgehead atoms. The van der Waals surface area contributed by atoms with Crippen molar-refractivity contribution < 1.29 is 13.7 Å². The van der Waals surface area contributed by atoms with Gasteiger partial charge >= 0.3 is 0 Å². The van der Waals surface area contributed by atoms with E-state index >= 15 is 0 Å². The average Bonchev–Trinajstić information content (AvgIpc) is 3.10. The Balaban J connectivity index is 1.40. The molecule has 0 saturated carbocycles. The van der Waals surface area contributed by atoms with Crippen LogP contribution in [0.25, 0.3) is 11.4 Å². The van der Waals surface area contributed by atoms with Crippen LogP contribution in [0.5, 0.6) is 0 Å². The number of nitrogens with one attached hydrogen (secondary N) is 2. The van der Waals surface area contributed by atoms with Gasteiger partial charge in [0, 0.05) is 24.9 Å². The standard InChI is InChI=1S/C19H25FN4O2/c1-19(9-11-21-12-10-19)13-22-16(25)3-2-4-17-23-18(24-26-17)14-5-7-15(20)8-6-14/h5-8,21H,2-4,9-13H2,1H3,(H,22,25). The van der Waals surface area contributed by atoms with E-state index in [-0.39, 0.29) is 17.1 Å². The summed E-state index contributed by atoms with van der Waals surface area (Å²) in [6.07, 6.45) is 3.80. The van der Waals surface area contributed by atoms with Crippen molar-refractivity contribution >= 4 is 5.91 Å². The molecule has 3 rings (SSSR count). The van der Waals surface area contributed by atoms with Gasteiger partial charge in [0.2, 0.25) is 17.6 Å². The van der Waals surface area contributed by atoms with E-state index in [0.29, 0.717) is 36.5 Å². The van der Waals surface area contributed by atoms with E-state index in [1.807, 2.05) is 0 Å². The van der Waals surface area contributed by atoms with Gasteiger partial charge in [-0.15, -0.1) is 0 Å². The van der Waals surface area contributed by atoms with Gasteiger partial charge in [-0.2, -0.15) is 4.98 Å². The molecule has 2 aromatic rings. The number of carbonyl (C=O) groups excluding carboxylic acids is 1. The predicted molar refractivity (Wildman–Crippen MR) is 95.9 cm³/mol. The first-order valence-electron chi connectivity index (χ1n) is 9.10. The summed E-state index contributed by atoms with van der Waals surface area (Å²) in [5.41, 5.74) is 0.895. The third-order valence-electron chi connectivity index (χ3n) is 4.89. The molecule has 1 fully saturated rings. The molecule has 0 unspecified atom stereocenters. The fourth-order valence-corrected chi connectivity index (χ4v) is 3.08. The summed E-state index contributed by atoms with van der Waals surface area (Å²) in [4.78, 5) is 16.3. The third-order valence-corrected chi connectivity index (χ3v) is 4.89. The number of halogens is 1. The van der Waals surface area contributed by atoms with Crippen molar-refractivity contribution in [3.05, 3.63) is 36.0 Å². The summed E-state index contributed by atoms with van der Waals surface area (Å²) in [6.45, 7) is 4.98. The second-order valence-corrected chi connectivity index (χ2v) is 7.21. The number of piperidine rings is 1. The highest BCUT2D eigenvalue weighted by atomic mass is 19.1. The lowest BCUT2D eigenvalue weighted by atomic mass is 9.81. The van der Waals surface area contributed by atoms with Crippen LogP contribution in [0.1, 0.15) is 38.5 Å². The molecular weight excluding hydrogens is 335 g/mol. The fraction of sp³-hybridized carbons (Fsp3) is 0.526. The molecule has 1 aliphatic rings. The molecule has 6 nitrogen and oxygen atoms in total. The van der Waals surface area contributed by atoms with Crippen molar-refractivity contribution in [2.24, 2.45) is 5.41 Å². The fourth-order valence-electron chi connectivity index (χ4n) is 3.08. The predicted octanol–water partition coefficient (Wildman–Crippen LogP) is 2.70. The van der Waals surface area contributed by atoms with Gasteiger partial charge in [0.05, 0.1) is 0 Å². The van der Waals surface area contributed by atoms with Crippen molar-refractivity contribution in [2.75, 3.05) is 19.6 Å². The van der Waals surface area contributed by atoms with E-state index in [4.69, 9.17) is 4.52 Å². The average molecular weight is 360 g/mol. The minimum atomic E-state index is -0.304. The Morgan fingerprint density at radius 2 is 2.04 bits per heavy atom. The van der Waals surface area contributed by atoms with Crippen LogP contribution in [-0.4, -0.2) is 35.7 Å². The molecule has 0 atom stereocenters. The number of aromatic nitrogens is 2. The van der Waals surface area contributed by atoms with Crippen molar-refractivity contribution in [3.8, 4) is 11.4 Å². The van der Waals surface area contributed by atoms with E-state index in [9.17, 15) is 9.18 Å². The van der Waals surface area contributed by atoms with Crippen molar-refractivity contribution in [3.63, 3.8) is 0 Å². The van der Waals surface area contributed by atoms with E-state index in [1.54, 1.807) is 12.1 Å². The van der Waals surface area contributed by atoms with Gasteiger partial charge in [-0.05, 0) is 62.0 Å². The Bertz CT molecular complexity index is 723. The molecule has 0 spiro atoms. The van der Waals surface area contributed by atoms with Gasteiger partial charge in [0.1, 0.15) is 5.82 Å². The SMILES string of the molecule is CC1(CNC(=O)CCCc2nc(-c3ccc(F)cc3)no2)CCNCC1. The van der Waals surface area contributed by atoms with Gasteiger partial charge in [-0.25, -0.2) is 4.39 Å². The zero-order chi connectivity index (χ0) is 18.4. The smallest absolute Gasteiger partial charge is 0.226 e. The normalized spacial score (nSPS) is 16.4. The molecule has 26 heavy (non-hydrogen) atoms. The van der Waals surface area contributed by atoms with Gasteiger partial charge in [-0.1, -0.05) is 12.1 Å². The molecule has 1 aromatic heterocycles. The maximum atomic E-state index is 13.0. The molecule has 2 N–H and O–H groups in total. The summed E-state index contributed by atoms with van der Waals surface area (Å²) < 4.78 is 18.2. The first-order chi connectivity index (χ1) is 12.5. The lowest BCUT2D eigenvalue weighted by Crippen LogP contribution is -2.42. The van der Waals surface area contributed by atoms with Crippen LogP contribution in [0.4, 0.5) is 4.39 Å². The van der Waals surface area contributed by atoms with Crippen LogP contribution in [0.3, 0.4) is 0 Å². The first kappa shape index (κ1) is 18.5. The number of aryl methyl sites for hydroxylation is 1. The van der Waals surface area contributed by atoms with E-state index in [2.05, 4.69) is 27.7 Å². The van der Waals surface area contributed by atoms with Crippen LogP contribution in [0.2, 0.25) is 0 Å². The molecule has 2 heterocycles. The maximum absolute atomic E-state index is 13.0. The van der Waals surface area contributed by atoms with E-state index in [1.165, 1.54) is 12.1 Å². The van der Waals surface area contributed by atoms with Crippen molar-refractivity contribution in [1.82, 2.24) is 20.8 Å². The second kappa shape index (κ2) is 8.40. The van der Waals surface area contributed by atoms with Crippen LogP contribution < -0.4 is 10.6 Å². The Morgan fingerprint density at radius 3 is 2.77 bits per heavy atom. The number of benzene rings is 1. The quantitative estimate of drug-likeness (QED) is 0.794. The first-order valence-corrected chi connectivity index (χ1v) is 9.10. The zero-order valence-electron chi connectivity index (χ0n) is 15.1. The molecule has 0 aliphatic carbocycles. The Hall–Kier alpha value is -2.28. The highest BCUT2D eigenvalue weighted by Crippen LogP contribution is 2.26. The molecule has 140 valence electrons. The topological polar surface area (TPSA) is 80.1 Å². The molecule has 1 aliphatic heterocycles. The third kappa shape index (κ3) is 5.11. The number of hydrogen-bond donors (Lipinski definition) is 2. The summed E-state index contributed by atoms with van der Waals surface area (Å²) in [7, 11) is 0. The van der Waals surface area contributed by atoms with E-state index in [0.717, 1.165) is 32.5 Å². The summed E-state index contributed by atoms with van der Waals surface area (Å²) >= 11 is 0. The van der Waals surface area contributed by atoms with Crippen LogP contribution >= 0.6 is 0 Å². The molecule has 1 saturated heterocycles. The van der Waals surface area contributed by atoms with Crippen LogP contribution in [-0.2, 0) is 11.2 Å². The minimum absolute atomic E-state index is 0.0584. The lowest BCUT2D eigenvalue weighted by molar-refractivity contribution is -0.121. The van der Waals surface area contributed by atoms with Gasteiger partial charge in [-0.3, -0.25) is 4.79 Å². The number of carbonyl (C=O) groups is 1. The highest BCUT2D eigenvalue weighted by molar-refractivity contribution is 5.75. The van der Waals surface area contributed by atoms with Gasteiger partial charge in [0.15, 0.2) is 0 Å². The molecular formula is C19H25FN4O2. The van der Waals surface area contributed by atoms with Crippen LogP contribution in [0, 0.1) is 11.2 Å². The number of amides is 1. The number of hydrogen-bond acceptors (Lipinski definition) is 5. The van der Waals surface area contributed by atoms with Crippen LogP contribution in [0.15, 0.2) is 28.8 Å². The largest absolute Gasteiger partial charge is 0.356 e.